The van der Waals surface area contributed by atoms with Crippen LogP contribution in [0.5, 0.6) is 0 Å². The highest BCUT2D eigenvalue weighted by Gasteiger charge is 2.23. The number of pyridine rings is 1. The Morgan fingerprint density at radius 2 is 1.85 bits per heavy atom. The van der Waals surface area contributed by atoms with Gasteiger partial charge in [0, 0.05) is 29.7 Å². The van der Waals surface area contributed by atoms with Gasteiger partial charge in [0.25, 0.3) is 0 Å². The fraction of sp³-hybridized carbons (Fsp3) is 0.231. The summed E-state index contributed by atoms with van der Waals surface area (Å²) < 4.78 is 0. The fourth-order valence-corrected chi connectivity index (χ4v) is 4.11. The van der Waals surface area contributed by atoms with Crippen LogP contribution in [0.15, 0.2) is 73.2 Å². The molecule has 1 aliphatic heterocycles. The van der Waals surface area contributed by atoms with E-state index < -0.39 is 0 Å². The Morgan fingerprint density at radius 3 is 2.59 bits per heavy atom. The molecule has 3 N–H and O–H groups in total. The number of fused-ring (bicyclic) bond motifs is 1. The van der Waals surface area contributed by atoms with E-state index in [1.807, 2.05) is 55.6 Å². The third kappa shape index (κ3) is 5.32. The number of nitrogens with zero attached hydrogens (tertiary/aromatic N) is 3. The summed E-state index contributed by atoms with van der Waals surface area (Å²) in [5.41, 5.74) is 5.03. The Hall–Kier alpha value is -3.55. The van der Waals surface area contributed by atoms with Gasteiger partial charge >= 0.3 is 0 Å². The lowest BCUT2D eigenvalue weighted by Crippen LogP contribution is -2.41. The van der Waals surface area contributed by atoms with Crippen molar-refractivity contribution < 1.29 is 4.79 Å². The number of hydrogen-bond acceptors (Lipinski definition) is 6. The van der Waals surface area contributed by atoms with Gasteiger partial charge in [0.2, 0.25) is 11.9 Å². The van der Waals surface area contributed by atoms with Gasteiger partial charge < -0.3 is 16.0 Å². The van der Waals surface area contributed by atoms with Crippen molar-refractivity contribution in [1.29, 1.82) is 0 Å². The molecule has 5 rings (SSSR count). The largest absolute Gasteiger partial charge is 0.348 e. The molecule has 0 aliphatic carbocycles. The minimum atomic E-state index is -0.0702. The first-order valence-corrected chi connectivity index (χ1v) is 11.2. The smallest absolute Gasteiger partial charge is 0.237 e. The molecule has 0 unspecified atom stereocenters. The summed E-state index contributed by atoms with van der Waals surface area (Å²) >= 11 is 0. The maximum absolute atomic E-state index is 12.3. The van der Waals surface area contributed by atoms with Crippen molar-refractivity contribution in [2.75, 3.05) is 11.9 Å². The number of carbonyl (C=O) groups is 1. The summed E-state index contributed by atoms with van der Waals surface area (Å²) in [6, 6.07) is 18.0. The highest BCUT2D eigenvalue weighted by molar-refractivity contribution is 5.85. The number of rotatable bonds is 6. The lowest BCUT2D eigenvalue weighted by molar-refractivity contribution is -0.123. The highest BCUT2D eigenvalue weighted by atomic mass is 35.5. The molecular formula is C26H27ClN6O. The quantitative estimate of drug-likeness (QED) is 0.372. The number of carbonyl (C=O) groups excluding carboxylic acids is 1. The highest BCUT2D eigenvalue weighted by Crippen LogP contribution is 2.24. The number of amides is 1. The van der Waals surface area contributed by atoms with Crippen LogP contribution in [0.25, 0.3) is 22.0 Å². The minimum absolute atomic E-state index is 0. The van der Waals surface area contributed by atoms with E-state index in [0.717, 1.165) is 52.7 Å². The first-order valence-electron chi connectivity index (χ1n) is 11.2. The first-order chi connectivity index (χ1) is 16.2. The number of hydrogen-bond donors (Lipinski definition) is 3. The average molecular weight is 475 g/mol. The molecule has 8 heteroatoms. The van der Waals surface area contributed by atoms with E-state index in [9.17, 15) is 4.79 Å². The van der Waals surface area contributed by atoms with E-state index in [0.29, 0.717) is 5.95 Å². The molecule has 0 spiro atoms. The van der Waals surface area contributed by atoms with Crippen LogP contribution in [0.3, 0.4) is 0 Å². The van der Waals surface area contributed by atoms with Crippen LogP contribution >= 0.6 is 12.4 Å². The van der Waals surface area contributed by atoms with Crippen molar-refractivity contribution in [3.63, 3.8) is 0 Å². The van der Waals surface area contributed by atoms with E-state index in [2.05, 4.69) is 43.0 Å². The molecule has 7 nitrogen and oxygen atoms in total. The lowest BCUT2D eigenvalue weighted by Gasteiger charge is -2.18. The van der Waals surface area contributed by atoms with Crippen LogP contribution < -0.4 is 16.0 Å². The van der Waals surface area contributed by atoms with Gasteiger partial charge in [-0.1, -0.05) is 18.2 Å². The fourth-order valence-electron chi connectivity index (χ4n) is 4.11. The van der Waals surface area contributed by atoms with Crippen LogP contribution in [0.1, 0.15) is 31.4 Å². The Balaban J connectivity index is 0.00000274. The molecule has 2 aromatic heterocycles. The second kappa shape index (κ2) is 10.6. The second-order valence-corrected chi connectivity index (χ2v) is 8.33. The number of anilines is 2. The van der Waals surface area contributed by atoms with E-state index >= 15 is 0 Å². The first kappa shape index (κ1) is 23.6. The normalized spacial score (nSPS) is 16.0. The summed E-state index contributed by atoms with van der Waals surface area (Å²) in [5.74, 6) is 0.611. The van der Waals surface area contributed by atoms with E-state index in [4.69, 9.17) is 0 Å². The van der Waals surface area contributed by atoms with Crippen LogP contribution in [0.2, 0.25) is 0 Å². The number of benzene rings is 2. The maximum atomic E-state index is 12.3. The molecule has 174 valence electrons. The maximum Gasteiger partial charge on any atom is 0.237 e. The minimum Gasteiger partial charge on any atom is -0.348 e. The van der Waals surface area contributed by atoms with Gasteiger partial charge in [0.15, 0.2) is 0 Å². The van der Waals surface area contributed by atoms with Gasteiger partial charge in [-0.2, -0.15) is 0 Å². The molecule has 2 atom stereocenters. The Kier molecular flexibility index (Phi) is 7.35. The zero-order chi connectivity index (χ0) is 22.6. The van der Waals surface area contributed by atoms with Gasteiger partial charge in [0.05, 0.1) is 17.6 Å². The van der Waals surface area contributed by atoms with Crippen molar-refractivity contribution in [1.82, 2.24) is 25.6 Å². The van der Waals surface area contributed by atoms with E-state index in [1.165, 1.54) is 0 Å². The summed E-state index contributed by atoms with van der Waals surface area (Å²) in [7, 11) is 0. The zero-order valence-corrected chi connectivity index (χ0v) is 19.7. The number of aromatic nitrogens is 3. The van der Waals surface area contributed by atoms with Gasteiger partial charge in [0.1, 0.15) is 0 Å². The Labute approximate surface area is 204 Å². The molecule has 0 radical (unpaired) electrons. The average Bonchev–Trinajstić information content (AvgIpc) is 3.40. The van der Waals surface area contributed by atoms with Gasteiger partial charge in [-0.3, -0.25) is 9.78 Å². The summed E-state index contributed by atoms with van der Waals surface area (Å²) in [6.07, 6.45) is 7.36. The van der Waals surface area contributed by atoms with Crippen molar-refractivity contribution in [2.24, 2.45) is 0 Å². The van der Waals surface area contributed by atoms with Gasteiger partial charge in [-0.05, 0) is 79.4 Å². The molecule has 0 saturated carbocycles. The van der Waals surface area contributed by atoms with Crippen molar-refractivity contribution in [3.05, 3.63) is 78.8 Å². The molecule has 1 amide bonds. The topological polar surface area (TPSA) is 91.8 Å². The zero-order valence-electron chi connectivity index (χ0n) is 18.9. The van der Waals surface area contributed by atoms with Crippen LogP contribution in [-0.4, -0.2) is 33.4 Å². The SMILES string of the molecule is C[C@@H](NC(=O)[C@H]1CCCN1)c1ccc(Nc2ncc3cc(-c4ccncc4)ccc3n2)cc1.Cl. The van der Waals surface area contributed by atoms with E-state index in [1.54, 1.807) is 12.4 Å². The molecule has 1 aliphatic rings. The lowest BCUT2D eigenvalue weighted by atomic mass is 10.1. The monoisotopic (exact) mass is 474 g/mol. The van der Waals surface area contributed by atoms with E-state index in [-0.39, 0.29) is 30.4 Å². The summed E-state index contributed by atoms with van der Waals surface area (Å²) in [4.78, 5) is 25.5. The standard InChI is InChI=1S/C26H26N6O.ClH/c1-17(30-25(33)24-3-2-12-28-24)18-4-7-22(8-5-18)31-26-29-16-21-15-20(6-9-23(21)32-26)19-10-13-27-14-11-19;/h4-11,13-17,24,28H,2-3,12H2,1H3,(H,30,33)(H,29,31,32);1H/t17-,24-;/m1./s1. The molecule has 1 fully saturated rings. The number of halogens is 1. The van der Waals surface area contributed by atoms with Gasteiger partial charge in [-0.15, -0.1) is 12.4 Å². The molecule has 34 heavy (non-hydrogen) atoms. The van der Waals surface area contributed by atoms with Crippen LogP contribution in [0, 0.1) is 0 Å². The molecule has 2 aromatic carbocycles. The predicted molar refractivity (Wildman–Crippen MR) is 137 cm³/mol. The van der Waals surface area contributed by atoms with Crippen LogP contribution in [-0.2, 0) is 4.79 Å². The molecule has 3 heterocycles. The summed E-state index contributed by atoms with van der Waals surface area (Å²) in [6.45, 7) is 2.91. The third-order valence-electron chi connectivity index (χ3n) is 6.00. The van der Waals surface area contributed by atoms with Crippen LogP contribution in [0.4, 0.5) is 11.6 Å². The predicted octanol–water partition coefficient (Wildman–Crippen LogP) is 4.79. The molecule has 0 bridgehead atoms. The Morgan fingerprint density at radius 1 is 1.06 bits per heavy atom. The molecule has 1 saturated heterocycles. The van der Waals surface area contributed by atoms with Crippen molar-refractivity contribution in [3.8, 4) is 11.1 Å². The second-order valence-electron chi connectivity index (χ2n) is 8.33. The van der Waals surface area contributed by atoms with Crippen molar-refractivity contribution in [2.45, 2.75) is 31.8 Å². The number of nitrogens with one attached hydrogen (secondary N) is 3. The van der Waals surface area contributed by atoms with Crippen molar-refractivity contribution >= 4 is 40.9 Å². The Bertz CT molecular complexity index is 1260. The molecule has 4 aromatic rings. The summed E-state index contributed by atoms with van der Waals surface area (Å²) in [5, 5.41) is 10.6. The third-order valence-corrected chi connectivity index (χ3v) is 6.00. The molecular weight excluding hydrogens is 448 g/mol. The van der Waals surface area contributed by atoms with Gasteiger partial charge in [-0.25, -0.2) is 9.97 Å².